The number of nitrogens with one attached hydrogen (secondary N) is 1. The predicted octanol–water partition coefficient (Wildman–Crippen LogP) is 2.94. The second kappa shape index (κ2) is 5.03. The zero-order valence-electron chi connectivity index (χ0n) is 9.45. The Kier molecular flexibility index (Phi) is 3.63. The lowest BCUT2D eigenvalue weighted by atomic mass is 10.2. The quantitative estimate of drug-likeness (QED) is 0.934. The summed E-state index contributed by atoms with van der Waals surface area (Å²) >= 11 is 1.31. The molecule has 0 bridgehead atoms. The van der Waals surface area contributed by atoms with Crippen LogP contribution in [0.1, 0.15) is 11.3 Å². The van der Waals surface area contributed by atoms with Crippen LogP contribution in [0.25, 0.3) is 10.7 Å². The summed E-state index contributed by atoms with van der Waals surface area (Å²) in [6, 6.07) is 3.44. The van der Waals surface area contributed by atoms with Gasteiger partial charge in [0, 0.05) is 18.3 Å². The highest BCUT2D eigenvalue weighted by Gasteiger charge is 2.36. The SMILES string of the molecule is CNCc1cnc(-c2cccs2)nc1C(F)(F)F. The van der Waals surface area contributed by atoms with Gasteiger partial charge in [0.15, 0.2) is 11.5 Å². The smallest absolute Gasteiger partial charge is 0.316 e. The molecule has 0 saturated carbocycles. The molecule has 2 aromatic rings. The van der Waals surface area contributed by atoms with E-state index in [1.807, 2.05) is 0 Å². The maximum absolute atomic E-state index is 12.9. The van der Waals surface area contributed by atoms with E-state index in [0.717, 1.165) is 0 Å². The molecule has 0 radical (unpaired) electrons. The molecule has 2 heterocycles. The first-order valence-corrected chi connectivity index (χ1v) is 6.02. The number of halogens is 3. The van der Waals surface area contributed by atoms with Crippen molar-refractivity contribution in [2.75, 3.05) is 7.05 Å². The lowest BCUT2D eigenvalue weighted by Gasteiger charge is -2.12. The molecule has 0 unspecified atom stereocenters. The van der Waals surface area contributed by atoms with Gasteiger partial charge < -0.3 is 5.32 Å². The van der Waals surface area contributed by atoms with Gasteiger partial charge in [0.25, 0.3) is 0 Å². The van der Waals surface area contributed by atoms with Crippen LogP contribution >= 0.6 is 11.3 Å². The second-order valence-corrected chi connectivity index (χ2v) is 4.52. The van der Waals surface area contributed by atoms with Gasteiger partial charge in [0.05, 0.1) is 4.88 Å². The van der Waals surface area contributed by atoms with Crippen molar-refractivity contribution in [2.24, 2.45) is 0 Å². The Balaban J connectivity index is 2.49. The highest BCUT2D eigenvalue weighted by Crippen LogP contribution is 2.32. The molecule has 18 heavy (non-hydrogen) atoms. The molecule has 0 aliphatic carbocycles. The average molecular weight is 273 g/mol. The molecule has 0 amide bonds. The van der Waals surface area contributed by atoms with Crippen LogP contribution in [0, 0.1) is 0 Å². The number of thiophene rings is 1. The molecule has 0 atom stereocenters. The van der Waals surface area contributed by atoms with E-state index in [2.05, 4.69) is 15.3 Å². The summed E-state index contributed by atoms with van der Waals surface area (Å²) in [5.41, 5.74) is -0.833. The molecule has 0 aromatic carbocycles. The minimum atomic E-state index is -4.47. The third-order valence-corrected chi connectivity index (χ3v) is 3.11. The topological polar surface area (TPSA) is 37.8 Å². The van der Waals surface area contributed by atoms with Crippen LogP contribution in [-0.2, 0) is 12.7 Å². The third-order valence-electron chi connectivity index (χ3n) is 2.24. The molecule has 7 heteroatoms. The van der Waals surface area contributed by atoms with Gasteiger partial charge in [-0.2, -0.15) is 13.2 Å². The van der Waals surface area contributed by atoms with Gasteiger partial charge in [-0.25, -0.2) is 9.97 Å². The van der Waals surface area contributed by atoms with Crippen molar-refractivity contribution >= 4 is 11.3 Å². The van der Waals surface area contributed by atoms with Crippen molar-refractivity contribution in [1.82, 2.24) is 15.3 Å². The molecule has 0 saturated heterocycles. The first-order chi connectivity index (χ1) is 8.52. The fraction of sp³-hybridized carbons (Fsp3) is 0.273. The van der Waals surface area contributed by atoms with Gasteiger partial charge in [-0.1, -0.05) is 6.07 Å². The van der Waals surface area contributed by atoms with Crippen molar-refractivity contribution in [3.05, 3.63) is 35.0 Å². The van der Waals surface area contributed by atoms with E-state index in [1.165, 1.54) is 17.5 Å². The molecule has 2 aromatic heterocycles. The Morgan fingerprint density at radius 1 is 1.39 bits per heavy atom. The molecule has 1 N–H and O–H groups in total. The molecule has 0 aliphatic rings. The Morgan fingerprint density at radius 3 is 2.72 bits per heavy atom. The highest BCUT2D eigenvalue weighted by molar-refractivity contribution is 7.13. The summed E-state index contributed by atoms with van der Waals surface area (Å²) in [4.78, 5) is 8.23. The molecule has 0 aliphatic heterocycles. The minimum absolute atomic E-state index is 0.0466. The lowest BCUT2D eigenvalue weighted by molar-refractivity contribution is -0.141. The van der Waals surface area contributed by atoms with Crippen LogP contribution in [-0.4, -0.2) is 17.0 Å². The molecular weight excluding hydrogens is 263 g/mol. The Bertz CT molecular complexity index is 523. The van der Waals surface area contributed by atoms with E-state index in [4.69, 9.17) is 0 Å². The number of hydrogen-bond acceptors (Lipinski definition) is 4. The molecule has 0 fully saturated rings. The average Bonchev–Trinajstić information content (AvgIpc) is 2.82. The fourth-order valence-corrected chi connectivity index (χ4v) is 2.16. The summed E-state index contributed by atoms with van der Waals surface area (Å²) in [5.74, 6) is 0.108. The molecule has 2 rings (SSSR count). The van der Waals surface area contributed by atoms with Crippen molar-refractivity contribution in [3.63, 3.8) is 0 Å². The van der Waals surface area contributed by atoms with E-state index < -0.39 is 11.9 Å². The predicted molar refractivity (Wildman–Crippen MR) is 63.1 cm³/mol. The first kappa shape index (κ1) is 13.0. The lowest BCUT2D eigenvalue weighted by Crippen LogP contribution is -2.17. The van der Waals surface area contributed by atoms with Gasteiger partial charge in [0.1, 0.15) is 0 Å². The number of rotatable bonds is 3. The number of nitrogens with zero attached hydrogens (tertiary/aromatic N) is 2. The van der Waals surface area contributed by atoms with Crippen molar-refractivity contribution in [1.29, 1.82) is 0 Å². The van der Waals surface area contributed by atoms with Crippen molar-refractivity contribution in [2.45, 2.75) is 12.7 Å². The zero-order valence-corrected chi connectivity index (χ0v) is 10.3. The maximum atomic E-state index is 12.9. The number of aromatic nitrogens is 2. The Hall–Kier alpha value is -1.47. The fourth-order valence-electron chi connectivity index (χ4n) is 1.50. The van der Waals surface area contributed by atoms with Crippen LogP contribution in [0.3, 0.4) is 0 Å². The Morgan fingerprint density at radius 2 is 2.17 bits per heavy atom. The van der Waals surface area contributed by atoms with Crippen molar-refractivity contribution in [3.8, 4) is 10.7 Å². The standard InChI is InChI=1S/C11H10F3N3S/c1-15-5-7-6-16-10(8-3-2-4-18-8)17-9(7)11(12,13)14/h2-4,6,15H,5H2,1H3. The van der Waals surface area contributed by atoms with E-state index in [-0.39, 0.29) is 17.9 Å². The van der Waals surface area contributed by atoms with Crippen LogP contribution in [0.2, 0.25) is 0 Å². The molecule has 3 nitrogen and oxygen atoms in total. The largest absolute Gasteiger partial charge is 0.433 e. The summed E-state index contributed by atoms with van der Waals surface area (Å²) in [6.07, 6.45) is -3.25. The molecule has 0 spiro atoms. The normalized spacial score (nSPS) is 11.8. The zero-order chi connectivity index (χ0) is 13.2. The van der Waals surface area contributed by atoms with E-state index in [1.54, 1.807) is 24.6 Å². The maximum Gasteiger partial charge on any atom is 0.433 e. The van der Waals surface area contributed by atoms with Crippen LogP contribution < -0.4 is 5.32 Å². The summed E-state index contributed by atoms with van der Waals surface area (Å²) in [6.45, 7) is 0.0829. The highest BCUT2D eigenvalue weighted by atomic mass is 32.1. The molecule has 96 valence electrons. The van der Waals surface area contributed by atoms with Crippen LogP contribution in [0.4, 0.5) is 13.2 Å². The van der Waals surface area contributed by atoms with Gasteiger partial charge in [0.2, 0.25) is 0 Å². The van der Waals surface area contributed by atoms with Gasteiger partial charge in [-0.3, -0.25) is 0 Å². The van der Waals surface area contributed by atoms with Crippen LogP contribution in [0.15, 0.2) is 23.7 Å². The number of alkyl halides is 3. The third kappa shape index (κ3) is 2.68. The minimum Gasteiger partial charge on any atom is -0.316 e. The second-order valence-electron chi connectivity index (χ2n) is 3.57. The van der Waals surface area contributed by atoms with Crippen LogP contribution in [0.5, 0.6) is 0 Å². The van der Waals surface area contributed by atoms with E-state index in [9.17, 15) is 13.2 Å². The monoisotopic (exact) mass is 273 g/mol. The Labute approximate surface area is 106 Å². The van der Waals surface area contributed by atoms with Gasteiger partial charge >= 0.3 is 6.18 Å². The summed E-state index contributed by atoms with van der Waals surface area (Å²) in [5, 5.41) is 4.44. The van der Waals surface area contributed by atoms with E-state index in [0.29, 0.717) is 4.88 Å². The summed E-state index contributed by atoms with van der Waals surface area (Å²) in [7, 11) is 1.58. The van der Waals surface area contributed by atoms with Gasteiger partial charge in [-0.15, -0.1) is 11.3 Å². The molecular formula is C11H10F3N3S. The van der Waals surface area contributed by atoms with Crippen molar-refractivity contribution < 1.29 is 13.2 Å². The van der Waals surface area contributed by atoms with Gasteiger partial charge in [-0.05, 0) is 18.5 Å². The number of hydrogen-bond donors (Lipinski definition) is 1. The summed E-state index contributed by atoms with van der Waals surface area (Å²) < 4.78 is 38.6. The first-order valence-electron chi connectivity index (χ1n) is 5.14. The van der Waals surface area contributed by atoms with E-state index >= 15 is 0 Å².